The Bertz CT molecular complexity index is 983. The van der Waals surface area contributed by atoms with E-state index in [1.54, 1.807) is 11.0 Å². The number of halogens is 1. The van der Waals surface area contributed by atoms with Crippen molar-refractivity contribution in [3.05, 3.63) is 57.5 Å². The van der Waals surface area contributed by atoms with E-state index in [9.17, 15) is 19.5 Å². The summed E-state index contributed by atoms with van der Waals surface area (Å²) in [4.78, 5) is 37.4. The van der Waals surface area contributed by atoms with Gasteiger partial charge in [-0.05, 0) is 42.5 Å². The Kier molecular flexibility index (Phi) is 4.98. The van der Waals surface area contributed by atoms with Gasteiger partial charge in [0.1, 0.15) is 0 Å². The Labute approximate surface area is 167 Å². The molecule has 1 aromatic carbocycles. The second kappa shape index (κ2) is 7.43. The highest BCUT2D eigenvalue weighted by Gasteiger charge is 2.37. The minimum Gasteiger partial charge on any atom is -0.550 e. The van der Waals surface area contributed by atoms with Crippen LogP contribution in [0.2, 0.25) is 5.02 Å². The van der Waals surface area contributed by atoms with E-state index in [1.807, 2.05) is 34.9 Å². The van der Waals surface area contributed by atoms with E-state index in [4.69, 9.17) is 11.6 Å². The molecule has 0 unspecified atom stereocenters. The zero-order valence-corrected chi connectivity index (χ0v) is 16.0. The van der Waals surface area contributed by atoms with Crippen molar-refractivity contribution < 1.29 is 14.7 Å². The molecule has 1 aromatic heterocycles. The van der Waals surface area contributed by atoms with Crippen molar-refractivity contribution in [1.29, 1.82) is 0 Å². The molecular formula is C21H20ClN2O4-. The van der Waals surface area contributed by atoms with E-state index < -0.39 is 5.97 Å². The molecule has 2 aliphatic heterocycles. The Morgan fingerprint density at radius 1 is 1.04 bits per heavy atom. The normalized spacial score (nSPS) is 20.5. The molecule has 0 aliphatic carbocycles. The molecule has 0 spiro atoms. The fraction of sp³-hybridized carbons (Fsp3) is 0.381. The number of carboxylic acids is 1. The van der Waals surface area contributed by atoms with Crippen LogP contribution in [0.3, 0.4) is 0 Å². The SMILES string of the molecule is O=C([O-])CCC(=O)N1C[C@@H]2C[C@H](C1)c1c(-c3ccc(Cl)cc3)ccc(=O)n1C2. The summed E-state index contributed by atoms with van der Waals surface area (Å²) in [5, 5.41) is 11.3. The third kappa shape index (κ3) is 3.56. The number of carbonyl (C=O) groups is 2. The summed E-state index contributed by atoms with van der Waals surface area (Å²) in [6.07, 6.45) is 0.596. The van der Waals surface area contributed by atoms with Crippen LogP contribution in [-0.2, 0) is 16.1 Å². The molecule has 2 aliphatic rings. The molecule has 0 radical (unpaired) electrons. The van der Waals surface area contributed by atoms with Gasteiger partial charge in [-0.25, -0.2) is 0 Å². The van der Waals surface area contributed by atoms with Crippen LogP contribution in [0.4, 0.5) is 0 Å². The first-order valence-corrected chi connectivity index (χ1v) is 9.77. The van der Waals surface area contributed by atoms with Gasteiger partial charge in [0.25, 0.3) is 5.56 Å². The Morgan fingerprint density at radius 3 is 2.50 bits per heavy atom. The Morgan fingerprint density at radius 2 is 1.79 bits per heavy atom. The highest BCUT2D eigenvalue weighted by Crippen LogP contribution is 2.40. The number of aromatic nitrogens is 1. The van der Waals surface area contributed by atoms with Crippen LogP contribution in [0, 0.1) is 5.92 Å². The monoisotopic (exact) mass is 399 g/mol. The second-order valence-electron chi connectivity index (χ2n) is 7.56. The van der Waals surface area contributed by atoms with Gasteiger partial charge in [-0.2, -0.15) is 0 Å². The standard InChI is InChI=1S/C21H21ClN2O4/c22-16-3-1-14(2-4-16)17-5-6-19(26)24-11-13-9-15(21(17)24)12-23(10-13)18(25)7-8-20(27)28/h1-6,13,15H,7-12H2,(H,27,28)/p-1/t13-,15+/m0/s1. The van der Waals surface area contributed by atoms with Crippen LogP contribution in [-0.4, -0.2) is 34.4 Å². The summed E-state index contributed by atoms with van der Waals surface area (Å²) >= 11 is 6.01. The molecule has 1 saturated heterocycles. The highest BCUT2D eigenvalue weighted by molar-refractivity contribution is 6.30. The summed E-state index contributed by atoms with van der Waals surface area (Å²) in [5.41, 5.74) is 2.87. The van der Waals surface area contributed by atoms with Gasteiger partial charge in [-0.15, -0.1) is 0 Å². The van der Waals surface area contributed by atoms with Crippen molar-refractivity contribution in [2.24, 2.45) is 5.92 Å². The first-order valence-electron chi connectivity index (χ1n) is 9.39. The number of likely N-dealkylation sites (tertiary alicyclic amines) is 1. The van der Waals surface area contributed by atoms with Crippen molar-refractivity contribution in [2.75, 3.05) is 13.1 Å². The molecular weight excluding hydrogens is 380 g/mol. The molecule has 3 heterocycles. The maximum absolute atomic E-state index is 12.5. The first-order chi connectivity index (χ1) is 13.4. The van der Waals surface area contributed by atoms with Gasteiger partial charge >= 0.3 is 0 Å². The average Bonchev–Trinajstić information content (AvgIpc) is 2.67. The van der Waals surface area contributed by atoms with Crippen molar-refractivity contribution in [1.82, 2.24) is 9.47 Å². The zero-order chi connectivity index (χ0) is 19.8. The number of carbonyl (C=O) groups excluding carboxylic acids is 2. The molecule has 1 fully saturated rings. The zero-order valence-electron chi connectivity index (χ0n) is 15.3. The molecule has 0 N–H and O–H groups in total. The number of nitrogens with zero attached hydrogens (tertiary/aromatic N) is 2. The minimum absolute atomic E-state index is 0.0286. The third-order valence-corrected chi connectivity index (χ3v) is 5.89. The minimum atomic E-state index is -1.22. The Hall–Kier alpha value is -2.60. The van der Waals surface area contributed by atoms with Gasteiger partial charge in [0.05, 0.1) is 0 Å². The number of carboxylic acid groups (broad SMARTS) is 1. The van der Waals surface area contributed by atoms with E-state index in [-0.39, 0.29) is 36.1 Å². The molecule has 2 aromatic rings. The van der Waals surface area contributed by atoms with Crippen LogP contribution >= 0.6 is 11.6 Å². The van der Waals surface area contributed by atoms with E-state index in [0.717, 1.165) is 23.2 Å². The number of piperidine rings is 1. The smallest absolute Gasteiger partial charge is 0.250 e. The van der Waals surface area contributed by atoms with Crippen molar-refractivity contribution in [2.45, 2.75) is 31.7 Å². The average molecular weight is 400 g/mol. The molecule has 2 bridgehead atoms. The van der Waals surface area contributed by atoms with E-state index in [2.05, 4.69) is 0 Å². The summed E-state index contributed by atoms with van der Waals surface area (Å²) in [7, 11) is 0. The number of hydrogen-bond acceptors (Lipinski definition) is 4. The highest BCUT2D eigenvalue weighted by atomic mass is 35.5. The van der Waals surface area contributed by atoms with Crippen LogP contribution in [0.15, 0.2) is 41.2 Å². The summed E-state index contributed by atoms with van der Waals surface area (Å²) in [5.74, 6) is -1.15. The lowest BCUT2D eigenvalue weighted by molar-refractivity contribution is -0.305. The molecule has 28 heavy (non-hydrogen) atoms. The molecule has 1 amide bonds. The Balaban J connectivity index is 1.68. The number of benzene rings is 1. The van der Waals surface area contributed by atoms with E-state index >= 15 is 0 Å². The van der Waals surface area contributed by atoms with Gasteiger partial charge in [-0.3, -0.25) is 9.59 Å². The van der Waals surface area contributed by atoms with Gasteiger partial charge in [0, 0.05) is 60.3 Å². The fourth-order valence-electron chi connectivity index (χ4n) is 4.46. The van der Waals surface area contributed by atoms with Crippen LogP contribution in [0.25, 0.3) is 11.1 Å². The van der Waals surface area contributed by atoms with Crippen molar-refractivity contribution in [3.8, 4) is 11.1 Å². The van der Waals surface area contributed by atoms with E-state index in [1.165, 1.54) is 0 Å². The number of aliphatic carboxylic acids is 1. The number of hydrogen-bond donors (Lipinski definition) is 0. The predicted molar refractivity (Wildman–Crippen MR) is 103 cm³/mol. The summed E-state index contributed by atoms with van der Waals surface area (Å²) in [6.45, 7) is 1.61. The molecule has 4 rings (SSSR count). The molecule has 146 valence electrons. The van der Waals surface area contributed by atoms with Gasteiger partial charge < -0.3 is 19.4 Å². The quantitative estimate of drug-likeness (QED) is 0.782. The maximum atomic E-state index is 12.5. The lowest BCUT2D eigenvalue weighted by atomic mass is 9.80. The number of pyridine rings is 1. The number of rotatable bonds is 4. The lowest BCUT2D eigenvalue weighted by Gasteiger charge is -2.43. The first kappa shape index (κ1) is 18.7. The summed E-state index contributed by atoms with van der Waals surface area (Å²) in [6, 6.07) is 10.9. The predicted octanol–water partition coefficient (Wildman–Crippen LogP) is 1.64. The van der Waals surface area contributed by atoms with E-state index in [0.29, 0.717) is 24.7 Å². The second-order valence-corrected chi connectivity index (χ2v) is 7.99. The topological polar surface area (TPSA) is 82.4 Å². The van der Waals surface area contributed by atoms with Crippen LogP contribution < -0.4 is 10.7 Å². The number of fused-ring (bicyclic) bond motifs is 4. The molecule has 6 nitrogen and oxygen atoms in total. The maximum Gasteiger partial charge on any atom is 0.250 e. The van der Waals surface area contributed by atoms with Crippen molar-refractivity contribution >= 4 is 23.5 Å². The van der Waals surface area contributed by atoms with Gasteiger partial charge in [0.15, 0.2) is 0 Å². The fourth-order valence-corrected chi connectivity index (χ4v) is 4.59. The third-order valence-electron chi connectivity index (χ3n) is 5.64. The molecule has 0 saturated carbocycles. The summed E-state index contributed by atoms with van der Waals surface area (Å²) < 4.78 is 1.84. The van der Waals surface area contributed by atoms with Crippen LogP contribution in [0.1, 0.15) is 30.9 Å². The van der Waals surface area contributed by atoms with Crippen LogP contribution in [0.5, 0.6) is 0 Å². The number of amides is 1. The lowest BCUT2D eigenvalue weighted by Crippen LogP contribution is -2.49. The van der Waals surface area contributed by atoms with Gasteiger partial charge in [0.2, 0.25) is 5.91 Å². The molecule has 2 atom stereocenters. The molecule has 7 heteroatoms. The van der Waals surface area contributed by atoms with Crippen molar-refractivity contribution in [3.63, 3.8) is 0 Å². The van der Waals surface area contributed by atoms with Gasteiger partial charge in [-0.1, -0.05) is 23.7 Å². The largest absolute Gasteiger partial charge is 0.550 e.